The predicted octanol–water partition coefficient (Wildman–Crippen LogP) is 3.15. The van der Waals surface area contributed by atoms with Gasteiger partial charge in [-0.1, -0.05) is 23.2 Å². The second-order valence-corrected chi connectivity index (χ2v) is 5.03. The van der Waals surface area contributed by atoms with Crippen LogP contribution in [0.15, 0.2) is 18.2 Å². The minimum atomic E-state index is -0.472. The van der Waals surface area contributed by atoms with Gasteiger partial charge in [0.1, 0.15) is 0 Å². The Morgan fingerprint density at radius 1 is 1.44 bits per heavy atom. The predicted molar refractivity (Wildman–Crippen MR) is 72.4 cm³/mol. The first kappa shape index (κ1) is 13.5. The van der Waals surface area contributed by atoms with Gasteiger partial charge in [-0.15, -0.1) is 0 Å². The van der Waals surface area contributed by atoms with E-state index >= 15 is 0 Å². The van der Waals surface area contributed by atoms with Crippen molar-refractivity contribution in [3.8, 4) is 0 Å². The molecule has 4 nitrogen and oxygen atoms in total. The Labute approximate surface area is 116 Å². The summed E-state index contributed by atoms with van der Waals surface area (Å²) in [5, 5.41) is 6.67. The zero-order valence-corrected chi connectivity index (χ0v) is 11.2. The van der Waals surface area contributed by atoms with Crippen molar-refractivity contribution in [2.45, 2.75) is 6.42 Å². The Hall–Kier alpha value is -0.970. The Kier molecular flexibility index (Phi) is 4.69. The van der Waals surface area contributed by atoms with Gasteiger partial charge in [-0.25, -0.2) is 4.79 Å². The second kappa shape index (κ2) is 6.27. The van der Waals surface area contributed by atoms with E-state index in [-0.39, 0.29) is 0 Å². The highest BCUT2D eigenvalue weighted by Crippen LogP contribution is 2.25. The van der Waals surface area contributed by atoms with Crippen LogP contribution in [0, 0.1) is 5.92 Å². The average molecular weight is 289 g/mol. The second-order valence-electron chi connectivity index (χ2n) is 4.21. The number of nitrogens with one attached hydrogen (secondary N) is 2. The lowest BCUT2D eigenvalue weighted by atomic mass is 10.1. The molecule has 0 aliphatic carbocycles. The van der Waals surface area contributed by atoms with Crippen molar-refractivity contribution in [3.63, 3.8) is 0 Å². The molecular weight excluding hydrogens is 275 g/mol. The molecule has 1 amide bonds. The highest BCUT2D eigenvalue weighted by atomic mass is 35.5. The summed E-state index contributed by atoms with van der Waals surface area (Å²) in [4.78, 5) is 11.5. The summed E-state index contributed by atoms with van der Waals surface area (Å²) in [6.07, 6.45) is 0.570. The highest BCUT2D eigenvalue weighted by molar-refractivity contribution is 6.42. The molecular formula is C12H14Cl2N2O2. The molecule has 0 saturated carbocycles. The van der Waals surface area contributed by atoms with Crippen LogP contribution in [0.3, 0.4) is 0 Å². The Morgan fingerprint density at radius 3 is 2.94 bits per heavy atom. The van der Waals surface area contributed by atoms with Crippen molar-refractivity contribution in [2.24, 2.45) is 5.92 Å². The van der Waals surface area contributed by atoms with Crippen molar-refractivity contribution in [1.82, 2.24) is 5.32 Å². The molecule has 0 aromatic heterocycles. The first-order chi connectivity index (χ1) is 8.65. The number of carbonyl (C=O) groups is 1. The first-order valence-corrected chi connectivity index (χ1v) is 6.50. The monoisotopic (exact) mass is 288 g/mol. The number of rotatable bonds is 3. The molecule has 0 bridgehead atoms. The Balaban J connectivity index is 1.80. The van der Waals surface area contributed by atoms with Crippen LogP contribution in [-0.2, 0) is 4.74 Å². The maximum absolute atomic E-state index is 11.5. The number of ether oxygens (including phenoxy) is 1. The van der Waals surface area contributed by atoms with E-state index in [2.05, 4.69) is 10.6 Å². The minimum absolute atomic E-state index is 0.398. The Bertz CT molecular complexity index is 434. The fraction of sp³-hybridized carbons (Fsp3) is 0.417. The smallest absolute Gasteiger partial charge is 0.411 e. The van der Waals surface area contributed by atoms with Gasteiger partial charge in [0, 0.05) is 18.2 Å². The van der Waals surface area contributed by atoms with Gasteiger partial charge in [-0.05, 0) is 31.2 Å². The highest BCUT2D eigenvalue weighted by Gasteiger charge is 2.16. The fourth-order valence-electron chi connectivity index (χ4n) is 1.78. The van der Waals surface area contributed by atoms with E-state index < -0.39 is 6.09 Å². The molecule has 1 aliphatic heterocycles. The summed E-state index contributed by atoms with van der Waals surface area (Å²) in [7, 11) is 0. The molecule has 1 atom stereocenters. The number of benzene rings is 1. The molecule has 98 valence electrons. The maximum Gasteiger partial charge on any atom is 0.411 e. The van der Waals surface area contributed by atoms with Crippen LogP contribution in [0.1, 0.15) is 6.42 Å². The van der Waals surface area contributed by atoms with Crippen LogP contribution < -0.4 is 10.6 Å². The third-order valence-electron chi connectivity index (χ3n) is 2.78. The number of amides is 1. The molecule has 1 heterocycles. The van der Waals surface area contributed by atoms with Gasteiger partial charge < -0.3 is 10.1 Å². The molecule has 0 spiro atoms. The van der Waals surface area contributed by atoms with E-state index in [4.69, 9.17) is 27.9 Å². The maximum atomic E-state index is 11.5. The van der Waals surface area contributed by atoms with Crippen LogP contribution in [0.25, 0.3) is 0 Å². The van der Waals surface area contributed by atoms with Crippen LogP contribution in [0.5, 0.6) is 0 Å². The van der Waals surface area contributed by atoms with Crippen molar-refractivity contribution in [2.75, 3.05) is 25.0 Å². The normalized spacial score (nSPS) is 18.7. The lowest BCUT2D eigenvalue weighted by Gasteiger charge is -2.10. The summed E-state index contributed by atoms with van der Waals surface area (Å²) in [6, 6.07) is 4.88. The summed E-state index contributed by atoms with van der Waals surface area (Å²) in [5.41, 5.74) is 0.568. The molecule has 2 N–H and O–H groups in total. The molecule has 1 aromatic carbocycles. The standard InChI is InChI=1S/C12H14Cl2N2O2/c13-10-2-1-9(5-11(10)14)16-12(17)18-7-8-3-4-15-6-8/h1-2,5,8,15H,3-4,6-7H2,(H,16,17). The summed E-state index contributed by atoms with van der Waals surface area (Å²) in [6.45, 7) is 2.32. The molecule has 2 rings (SSSR count). The zero-order valence-electron chi connectivity index (χ0n) is 9.71. The van der Waals surface area contributed by atoms with Crippen LogP contribution in [-0.4, -0.2) is 25.8 Å². The van der Waals surface area contributed by atoms with Gasteiger partial charge in [0.25, 0.3) is 0 Å². The van der Waals surface area contributed by atoms with Gasteiger partial charge in [-0.2, -0.15) is 0 Å². The van der Waals surface area contributed by atoms with Gasteiger partial charge in [0.15, 0.2) is 0 Å². The summed E-state index contributed by atoms with van der Waals surface area (Å²) >= 11 is 11.6. The summed E-state index contributed by atoms with van der Waals surface area (Å²) < 4.78 is 5.13. The van der Waals surface area contributed by atoms with E-state index in [0.29, 0.717) is 28.3 Å². The minimum Gasteiger partial charge on any atom is -0.449 e. The Morgan fingerprint density at radius 2 is 2.28 bits per heavy atom. The van der Waals surface area contributed by atoms with Gasteiger partial charge in [0.05, 0.1) is 16.7 Å². The number of hydrogen-bond acceptors (Lipinski definition) is 3. The van der Waals surface area contributed by atoms with E-state index in [1.807, 2.05) is 0 Å². The number of halogens is 2. The van der Waals surface area contributed by atoms with Crippen LogP contribution >= 0.6 is 23.2 Å². The zero-order chi connectivity index (χ0) is 13.0. The molecule has 18 heavy (non-hydrogen) atoms. The van der Waals surface area contributed by atoms with Crippen molar-refractivity contribution >= 4 is 35.0 Å². The van der Waals surface area contributed by atoms with Crippen molar-refractivity contribution < 1.29 is 9.53 Å². The van der Waals surface area contributed by atoms with Crippen molar-refractivity contribution in [3.05, 3.63) is 28.2 Å². The molecule has 1 aromatic rings. The first-order valence-electron chi connectivity index (χ1n) is 5.74. The lowest BCUT2D eigenvalue weighted by Crippen LogP contribution is -2.20. The largest absolute Gasteiger partial charge is 0.449 e. The van der Waals surface area contributed by atoms with Gasteiger partial charge in [-0.3, -0.25) is 5.32 Å². The SMILES string of the molecule is O=C(Nc1ccc(Cl)c(Cl)c1)OCC1CCNC1. The third-order valence-corrected chi connectivity index (χ3v) is 3.52. The summed E-state index contributed by atoms with van der Waals surface area (Å²) in [5.74, 6) is 0.407. The number of anilines is 1. The van der Waals surface area contributed by atoms with E-state index in [9.17, 15) is 4.79 Å². The van der Waals surface area contributed by atoms with E-state index in [0.717, 1.165) is 19.5 Å². The van der Waals surface area contributed by atoms with Crippen molar-refractivity contribution in [1.29, 1.82) is 0 Å². The van der Waals surface area contributed by atoms with Crippen LogP contribution in [0.4, 0.5) is 10.5 Å². The third kappa shape index (κ3) is 3.77. The van der Waals surface area contributed by atoms with E-state index in [1.54, 1.807) is 18.2 Å². The fourth-order valence-corrected chi connectivity index (χ4v) is 2.08. The topological polar surface area (TPSA) is 50.4 Å². The molecule has 1 unspecified atom stereocenters. The number of hydrogen-bond donors (Lipinski definition) is 2. The molecule has 1 aliphatic rings. The quantitative estimate of drug-likeness (QED) is 0.898. The molecule has 1 fully saturated rings. The number of carbonyl (C=O) groups excluding carboxylic acids is 1. The molecule has 1 saturated heterocycles. The van der Waals surface area contributed by atoms with Gasteiger partial charge in [0.2, 0.25) is 0 Å². The average Bonchev–Trinajstić information content (AvgIpc) is 2.84. The molecule has 0 radical (unpaired) electrons. The van der Waals surface area contributed by atoms with Crippen LogP contribution in [0.2, 0.25) is 10.0 Å². The van der Waals surface area contributed by atoms with E-state index in [1.165, 1.54) is 0 Å². The molecule has 6 heteroatoms. The van der Waals surface area contributed by atoms with Gasteiger partial charge >= 0.3 is 6.09 Å². The lowest BCUT2D eigenvalue weighted by molar-refractivity contribution is 0.144.